The second-order valence-corrected chi connectivity index (χ2v) is 3.80. The Balaban J connectivity index is 2.08. The van der Waals surface area contributed by atoms with E-state index in [9.17, 15) is 18.0 Å². The molecule has 0 fully saturated rings. The van der Waals surface area contributed by atoms with Crippen molar-refractivity contribution in [2.75, 3.05) is 0 Å². The fraction of sp³-hybridized carbons (Fsp3) is 0.0833. The molecule has 0 saturated carbocycles. The maximum Gasteiger partial charge on any atom is 0.383 e. The van der Waals surface area contributed by atoms with Crippen LogP contribution in [-0.2, 0) is 11.9 Å². The zero-order valence-corrected chi connectivity index (χ0v) is 10.2. The normalized spacial score (nSPS) is 11.0. The molecular formula is C12H8F3N3O2. The number of halogens is 3. The third-order valence-corrected chi connectivity index (χ3v) is 2.37. The number of carbonyl (C=O) groups excluding carboxylic acids is 1. The first-order chi connectivity index (χ1) is 9.49. The van der Waals surface area contributed by atoms with Crippen molar-refractivity contribution < 1.29 is 22.8 Å². The number of imidazole rings is 1. The van der Waals surface area contributed by atoms with Crippen LogP contribution in [0.2, 0.25) is 0 Å². The fourth-order valence-corrected chi connectivity index (χ4v) is 1.39. The predicted octanol–water partition coefficient (Wildman–Crippen LogP) is 2.03. The van der Waals surface area contributed by atoms with Crippen molar-refractivity contribution in [3.63, 3.8) is 0 Å². The Kier molecular flexibility index (Phi) is 3.83. The van der Waals surface area contributed by atoms with Gasteiger partial charge in [-0.05, 0) is 12.1 Å². The molecule has 0 unspecified atom stereocenters. The predicted molar refractivity (Wildman–Crippen MR) is 62.5 cm³/mol. The second-order valence-electron chi connectivity index (χ2n) is 3.80. The van der Waals surface area contributed by atoms with E-state index in [0.29, 0.717) is 0 Å². The van der Waals surface area contributed by atoms with Crippen LogP contribution in [0.5, 0.6) is 0 Å². The van der Waals surface area contributed by atoms with E-state index in [0.717, 1.165) is 18.3 Å². The van der Waals surface area contributed by atoms with Gasteiger partial charge in [0.25, 0.3) is 0 Å². The van der Waals surface area contributed by atoms with Gasteiger partial charge in [0.15, 0.2) is 17.5 Å². The van der Waals surface area contributed by atoms with Gasteiger partial charge < -0.3 is 9.40 Å². The van der Waals surface area contributed by atoms with E-state index in [4.69, 9.17) is 0 Å². The van der Waals surface area contributed by atoms with Gasteiger partial charge in [0.05, 0.1) is 18.7 Å². The smallest absolute Gasteiger partial charge is 0.328 e. The summed E-state index contributed by atoms with van der Waals surface area (Å²) in [5.74, 6) is -5.08. The average Bonchev–Trinajstić information content (AvgIpc) is 2.82. The molecule has 0 spiro atoms. The van der Waals surface area contributed by atoms with Gasteiger partial charge in [0.1, 0.15) is 5.69 Å². The van der Waals surface area contributed by atoms with Gasteiger partial charge in [-0.2, -0.15) is 0 Å². The molecule has 8 heteroatoms. The van der Waals surface area contributed by atoms with Gasteiger partial charge in [0.2, 0.25) is 0 Å². The number of benzene rings is 1. The molecule has 1 heterocycles. The molecule has 0 bridgehead atoms. The van der Waals surface area contributed by atoms with Crippen LogP contribution in [0.15, 0.2) is 29.8 Å². The molecule has 0 N–H and O–H groups in total. The number of rotatable bonds is 3. The number of oxime groups is 1. The SMILES string of the molecule is Cn1cncc1C(=O)ON=Cc1cc(F)c(F)c(F)c1. The fourth-order valence-electron chi connectivity index (χ4n) is 1.39. The Morgan fingerprint density at radius 2 is 2.00 bits per heavy atom. The Hall–Kier alpha value is -2.64. The molecule has 20 heavy (non-hydrogen) atoms. The second kappa shape index (κ2) is 5.55. The Bertz CT molecular complexity index is 659. The van der Waals surface area contributed by atoms with Crippen LogP contribution >= 0.6 is 0 Å². The highest BCUT2D eigenvalue weighted by atomic mass is 19.2. The molecule has 1 aromatic carbocycles. The van der Waals surface area contributed by atoms with Crippen LogP contribution in [0.4, 0.5) is 13.2 Å². The first-order valence-electron chi connectivity index (χ1n) is 5.34. The summed E-state index contributed by atoms with van der Waals surface area (Å²) < 4.78 is 39.9. The van der Waals surface area contributed by atoms with Crippen molar-refractivity contribution in [1.82, 2.24) is 9.55 Å². The van der Waals surface area contributed by atoms with Crippen molar-refractivity contribution >= 4 is 12.2 Å². The van der Waals surface area contributed by atoms with E-state index in [1.54, 1.807) is 7.05 Å². The minimum atomic E-state index is -1.57. The van der Waals surface area contributed by atoms with E-state index in [-0.39, 0.29) is 11.3 Å². The van der Waals surface area contributed by atoms with E-state index < -0.39 is 23.4 Å². The molecular weight excluding hydrogens is 275 g/mol. The number of carbonyl (C=O) groups is 1. The lowest BCUT2D eigenvalue weighted by atomic mass is 10.2. The van der Waals surface area contributed by atoms with Crippen molar-refractivity contribution in [3.05, 3.63) is 53.4 Å². The summed E-state index contributed by atoms with van der Waals surface area (Å²) in [5.41, 5.74) is 0.0674. The van der Waals surface area contributed by atoms with E-state index in [1.165, 1.54) is 17.1 Å². The van der Waals surface area contributed by atoms with Crippen molar-refractivity contribution in [3.8, 4) is 0 Å². The summed E-state index contributed by atoms with van der Waals surface area (Å²) in [7, 11) is 1.58. The molecule has 2 rings (SSSR count). The number of nitrogens with zero attached hydrogens (tertiary/aromatic N) is 3. The quantitative estimate of drug-likeness (QED) is 0.375. The molecule has 0 saturated heterocycles. The zero-order valence-electron chi connectivity index (χ0n) is 10.2. The monoisotopic (exact) mass is 283 g/mol. The molecule has 104 valence electrons. The molecule has 2 aromatic rings. The van der Waals surface area contributed by atoms with Gasteiger partial charge in [-0.3, -0.25) is 0 Å². The maximum absolute atomic E-state index is 12.9. The van der Waals surface area contributed by atoms with E-state index >= 15 is 0 Å². The third-order valence-electron chi connectivity index (χ3n) is 2.37. The van der Waals surface area contributed by atoms with Crippen LogP contribution in [-0.4, -0.2) is 21.7 Å². The molecule has 0 atom stereocenters. The summed E-state index contributed by atoms with van der Waals surface area (Å²) in [5, 5.41) is 3.28. The van der Waals surface area contributed by atoms with E-state index in [2.05, 4.69) is 15.0 Å². The van der Waals surface area contributed by atoms with Crippen LogP contribution in [0, 0.1) is 17.5 Å². The molecule has 5 nitrogen and oxygen atoms in total. The molecule has 0 aliphatic heterocycles. The van der Waals surface area contributed by atoms with Crippen LogP contribution in [0.1, 0.15) is 16.1 Å². The lowest BCUT2D eigenvalue weighted by Crippen LogP contribution is -2.06. The van der Waals surface area contributed by atoms with Crippen molar-refractivity contribution in [2.24, 2.45) is 12.2 Å². The first kappa shape index (κ1) is 13.8. The highest BCUT2D eigenvalue weighted by Gasteiger charge is 2.12. The Morgan fingerprint density at radius 3 is 2.55 bits per heavy atom. The minimum Gasteiger partial charge on any atom is -0.328 e. The maximum atomic E-state index is 12.9. The van der Waals surface area contributed by atoms with E-state index in [1.807, 2.05) is 0 Å². The summed E-state index contributed by atoms with van der Waals surface area (Å²) in [6.45, 7) is 0. The average molecular weight is 283 g/mol. The molecule has 0 amide bonds. The van der Waals surface area contributed by atoms with Gasteiger partial charge in [-0.1, -0.05) is 5.16 Å². The zero-order chi connectivity index (χ0) is 14.7. The largest absolute Gasteiger partial charge is 0.383 e. The number of hydrogen-bond donors (Lipinski definition) is 0. The third kappa shape index (κ3) is 2.85. The Labute approximate surface area is 111 Å². The van der Waals surface area contributed by atoms with Crippen molar-refractivity contribution in [2.45, 2.75) is 0 Å². The highest BCUT2D eigenvalue weighted by Crippen LogP contribution is 2.12. The number of hydrogen-bond acceptors (Lipinski definition) is 4. The molecule has 0 radical (unpaired) electrons. The minimum absolute atomic E-state index is 0.0841. The topological polar surface area (TPSA) is 56.5 Å². The summed E-state index contributed by atoms with van der Waals surface area (Å²) in [4.78, 5) is 19.7. The van der Waals surface area contributed by atoms with Gasteiger partial charge >= 0.3 is 5.97 Å². The lowest BCUT2D eigenvalue weighted by Gasteiger charge is -1.99. The summed E-state index contributed by atoms with van der Waals surface area (Å²) in [6.07, 6.45) is 3.56. The van der Waals surface area contributed by atoms with Crippen LogP contribution in [0.3, 0.4) is 0 Å². The number of aromatic nitrogens is 2. The standard InChI is InChI=1S/C12H8F3N3O2/c1-18-6-16-5-10(18)12(19)20-17-4-7-2-8(13)11(15)9(14)3-7/h2-6H,1H3. The number of aryl methyl sites for hydroxylation is 1. The van der Waals surface area contributed by atoms with Gasteiger partial charge in [-0.25, -0.2) is 22.9 Å². The van der Waals surface area contributed by atoms with Crippen molar-refractivity contribution in [1.29, 1.82) is 0 Å². The van der Waals surface area contributed by atoms with Gasteiger partial charge in [-0.15, -0.1) is 0 Å². The van der Waals surface area contributed by atoms with Gasteiger partial charge in [0, 0.05) is 12.6 Å². The molecule has 0 aliphatic carbocycles. The summed E-state index contributed by atoms with van der Waals surface area (Å²) in [6, 6.07) is 1.44. The lowest BCUT2D eigenvalue weighted by molar-refractivity contribution is 0.0508. The molecule has 0 aliphatic rings. The Morgan fingerprint density at radius 1 is 1.35 bits per heavy atom. The molecule has 1 aromatic heterocycles. The van der Waals surface area contributed by atoms with Crippen LogP contribution < -0.4 is 0 Å². The highest BCUT2D eigenvalue weighted by molar-refractivity contribution is 5.88. The summed E-state index contributed by atoms with van der Waals surface area (Å²) >= 11 is 0. The first-order valence-corrected chi connectivity index (χ1v) is 5.34. The van der Waals surface area contributed by atoms with Crippen LogP contribution in [0.25, 0.3) is 0 Å².